The normalized spacial score (nSPS) is 11.5. The van der Waals surface area contributed by atoms with E-state index in [-0.39, 0.29) is 0 Å². The van der Waals surface area contributed by atoms with E-state index in [0.717, 1.165) is 11.1 Å². The zero-order chi connectivity index (χ0) is 10.4. The highest BCUT2D eigenvalue weighted by molar-refractivity contribution is 5.24. The van der Waals surface area contributed by atoms with Gasteiger partial charge < -0.3 is 5.11 Å². The van der Waals surface area contributed by atoms with Gasteiger partial charge in [-0.15, -0.1) is 12.3 Å². The van der Waals surface area contributed by atoms with Crippen molar-refractivity contribution in [1.29, 1.82) is 0 Å². The van der Waals surface area contributed by atoms with Gasteiger partial charge in [-0.1, -0.05) is 43.0 Å². The Hall–Kier alpha value is -1.56. The summed E-state index contributed by atoms with van der Waals surface area (Å²) in [5.41, 5.74) is 4.64. The molecule has 0 aliphatic heterocycles. The largest absolute Gasteiger partial charge is 0.384 e. The van der Waals surface area contributed by atoms with Crippen LogP contribution in [0.3, 0.4) is 0 Å². The number of hydrogen-bond donors (Lipinski definition) is 1. The van der Waals surface area contributed by atoms with Crippen LogP contribution in [0.5, 0.6) is 0 Å². The lowest BCUT2D eigenvalue weighted by Gasteiger charge is -2.08. The molecule has 0 bridgehead atoms. The molecule has 0 fully saturated rings. The van der Waals surface area contributed by atoms with Crippen molar-refractivity contribution in [3.63, 3.8) is 0 Å². The first kappa shape index (κ1) is 10.5. The monoisotopic (exact) mass is 186 g/mol. The summed E-state index contributed by atoms with van der Waals surface area (Å²) in [6.07, 6.45) is 1.50. The average molecular weight is 186 g/mol. The maximum Gasteiger partial charge on any atom is 0.101 e. The van der Waals surface area contributed by atoms with E-state index in [0.29, 0.717) is 6.42 Å². The summed E-state index contributed by atoms with van der Waals surface area (Å²) >= 11 is 0. The predicted octanol–water partition coefficient (Wildman–Crippen LogP) is 2.49. The molecule has 1 unspecified atom stereocenters. The van der Waals surface area contributed by atoms with Crippen LogP contribution in [0.15, 0.2) is 60.9 Å². The molecule has 0 spiro atoms. The number of aliphatic hydroxyl groups excluding tert-OH is 1. The van der Waals surface area contributed by atoms with Crippen LogP contribution in [0.4, 0.5) is 0 Å². The summed E-state index contributed by atoms with van der Waals surface area (Å²) in [5, 5.41) is 9.52. The Balaban J connectivity index is 2.77. The Labute approximate surface area is 84.7 Å². The number of hydrogen-bond acceptors (Lipinski definition) is 1. The van der Waals surface area contributed by atoms with Gasteiger partial charge in [0.05, 0.1) is 0 Å². The molecule has 0 aromatic heterocycles. The molecule has 0 aliphatic carbocycles. The van der Waals surface area contributed by atoms with Crippen LogP contribution in [0.2, 0.25) is 0 Å². The second-order valence-corrected chi connectivity index (χ2v) is 3.04. The lowest BCUT2D eigenvalue weighted by molar-refractivity contribution is 0.257. The summed E-state index contributed by atoms with van der Waals surface area (Å²) in [6, 6.07) is 9.91. The van der Waals surface area contributed by atoms with Crippen molar-refractivity contribution in [2.24, 2.45) is 0 Å². The summed E-state index contributed by atoms with van der Waals surface area (Å²) in [7, 11) is 0. The molecule has 1 atom stereocenters. The Morgan fingerprint density at radius 1 is 1.43 bits per heavy atom. The molecular weight excluding hydrogens is 172 g/mol. The van der Waals surface area contributed by atoms with E-state index in [1.165, 1.54) is 6.08 Å². The third-order valence-corrected chi connectivity index (χ3v) is 2.04. The molecule has 0 radical (unpaired) electrons. The fourth-order valence-corrected chi connectivity index (χ4v) is 1.23. The van der Waals surface area contributed by atoms with Gasteiger partial charge in [0.15, 0.2) is 0 Å². The average Bonchev–Trinajstić information content (AvgIpc) is 2.26. The van der Waals surface area contributed by atoms with Gasteiger partial charge in [-0.05, 0) is 5.56 Å². The van der Waals surface area contributed by atoms with Crippen LogP contribution in [-0.2, 0) is 6.42 Å². The molecule has 14 heavy (non-hydrogen) atoms. The van der Waals surface area contributed by atoms with Gasteiger partial charge >= 0.3 is 0 Å². The summed E-state index contributed by atoms with van der Waals surface area (Å²) in [5.74, 6) is 0. The van der Waals surface area contributed by atoms with Crippen LogP contribution >= 0.6 is 0 Å². The maximum atomic E-state index is 9.52. The zero-order valence-corrected chi connectivity index (χ0v) is 8.11. The van der Waals surface area contributed by atoms with Crippen molar-refractivity contribution in [3.8, 4) is 0 Å². The Morgan fingerprint density at radius 3 is 2.57 bits per heavy atom. The summed E-state index contributed by atoms with van der Waals surface area (Å²) in [6.45, 7) is 7.09. The molecule has 0 aliphatic rings. The highest BCUT2D eigenvalue weighted by Gasteiger charge is 2.06. The maximum absolute atomic E-state index is 9.52. The second kappa shape index (κ2) is 5.23. The summed E-state index contributed by atoms with van der Waals surface area (Å²) in [4.78, 5) is 0. The van der Waals surface area contributed by atoms with E-state index in [1.807, 2.05) is 30.3 Å². The Bertz CT molecular complexity index is 345. The highest BCUT2D eigenvalue weighted by atomic mass is 16.3. The fraction of sp³-hybridized carbons (Fsp3) is 0.154. The zero-order valence-electron chi connectivity index (χ0n) is 8.11. The van der Waals surface area contributed by atoms with Crippen molar-refractivity contribution < 1.29 is 5.11 Å². The topological polar surface area (TPSA) is 20.2 Å². The molecule has 1 N–H and O–H groups in total. The van der Waals surface area contributed by atoms with Crippen LogP contribution in [-0.4, -0.2) is 11.2 Å². The quantitative estimate of drug-likeness (QED) is 0.565. The first-order valence-corrected chi connectivity index (χ1v) is 4.51. The Morgan fingerprint density at radius 2 is 2.07 bits per heavy atom. The standard InChI is InChI=1S/C13H14O/c1-3-12(13(14)4-2)10-11-8-6-5-7-9-11/h4-9,13-14H,1-2,10H2. The van der Waals surface area contributed by atoms with Gasteiger partial charge in [0, 0.05) is 12.0 Å². The molecule has 1 rings (SSSR count). The molecule has 0 saturated heterocycles. The van der Waals surface area contributed by atoms with E-state index >= 15 is 0 Å². The SMILES string of the molecule is C=C=C(Cc1ccccc1)C(O)C=C. The molecule has 1 heteroatoms. The number of benzene rings is 1. The Kier molecular flexibility index (Phi) is 3.93. The van der Waals surface area contributed by atoms with Crippen LogP contribution < -0.4 is 0 Å². The number of rotatable bonds is 4. The van der Waals surface area contributed by atoms with Gasteiger partial charge in [0.2, 0.25) is 0 Å². The van der Waals surface area contributed by atoms with Crippen molar-refractivity contribution in [2.45, 2.75) is 12.5 Å². The molecular formula is C13H14O. The van der Waals surface area contributed by atoms with E-state index < -0.39 is 6.10 Å². The van der Waals surface area contributed by atoms with Crippen LogP contribution in [0, 0.1) is 0 Å². The molecule has 0 saturated carbocycles. The van der Waals surface area contributed by atoms with Gasteiger partial charge in [-0.2, -0.15) is 0 Å². The number of aliphatic hydroxyl groups is 1. The summed E-state index contributed by atoms with van der Waals surface area (Å²) < 4.78 is 0. The third kappa shape index (κ3) is 2.74. The molecule has 1 nitrogen and oxygen atoms in total. The molecule has 72 valence electrons. The van der Waals surface area contributed by atoms with Crippen molar-refractivity contribution >= 4 is 0 Å². The molecule has 0 amide bonds. The fourth-order valence-electron chi connectivity index (χ4n) is 1.23. The van der Waals surface area contributed by atoms with Gasteiger partial charge in [0.25, 0.3) is 0 Å². The minimum absolute atomic E-state index is 0.646. The lowest BCUT2D eigenvalue weighted by Crippen LogP contribution is -2.07. The van der Waals surface area contributed by atoms with E-state index in [1.54, 1.807) is 0 Å². The van der Waals surface area contributed by atoms with Gasteiger partial charge in [-0.25, -0.2) is 0 Å². The molecule has 1 aromatic rings. The van der Waals surface area contributed by atoms with Crippen molar-refractivity contribution in [3.05, 3.63) is 66.4 Å². The van der Waals surface area contributed by atoms with Crippen LogP contribution in [0.25, 0.3) is 0 Å². The third-order valence-electron chi connectivity index (χ3n) is 2.04. The molecule has 0 heterocycles. The molecule has 1 aromatic carbocycles. The second-order valence-electron chi connectivity index (χ2n) is 3.04. The van der Waals surface area contributed by atoms with Gasteiger partial charge in [-0.3, -0.25) is 0 Å². The minimum atomic E-state index is -0.646. The smallest absolute Gasteiger partial charge is 0.101 e. The first-order chi connectivity index (χ1) is 6.77. The van der Waals surface area contributed by atoms with Crippen molar-refractivity contribution in [2.75, 3.05) is 0 Å². The van der Waals surface area contributed by atoms with E-state index in [9.17, 15) is 5.11 Å². The van der Waals surface area contributed by atoms with Crippen molar-refractivity contribution in [1.82, 2.24) is 0 Å². The lowest BCUT2D eigenvalue weighted by atomic mass is 10.0. The first-order valence-electron chi connectivity index (χ1n) is 4.51. The highest BCUT2D eigenvalue weighted by Crippen LogP contribution is 2.10. The van der Waals surface area contributed by atoms with Crippen LogP contribution in [0.1, 0.15) is 5.56 Å². The van der Waals surface area contributed by atoms with E-state index in [2.05, 4.69) is 18.9 Å². The minimum Gasteiger partial charge on any atom is -0.384 e. The predicted molar refractivity (Wildman–Crippen MR) is 59.0 cm³/mol. The van der Waals surface area contributed by atoms with Gasteiger partial charge in [0.1, 0.15) is 6.10 Å². The van der Waals surface area contributed by atoms with E-state index in [4.69, 9.17) is 0 Å².